The highest BCUT2D eigenvalue weighted by molar-refractivity contribution is 8.03. The lowest BCUT2D eigenvalue weighted by Gasteiger charge is -2.27. The summed E-state index contributed by atoms with van der Waals surface area (Å²) in [6, 6.07) is 0.114. The van der Waals surface area contributed by atoms with Crippen molar-refractivity contribution >= 4 is 40.8 Å². The monoisotopic (exact) mass is 307 g/mol. The summed E-state index contributed by atoms with van der Waals surface area (Å²) in [6.45, 7) is 5.56. The largest absolute Gasteiger partial charge is 0.480 e. The minimum absolute atomic E-state index is 0.114. The summed E-state index contributed by atoms with van der Waals surface area (Å²) in [6.07, 6.45) is 1.94. The van der Waals surface area contributed by atoms with Gasteiger partial charge < -0.3 is 5.11 Å². The summed E-state index contributed by atoms with van der Waals surface area (Å²) >= 11 is 4.45. The maximum absolute atomic E-state index is 11.3. The predicted octanol–water partition coefficient (Wildman–Crippen LogP) is 2.19. The second kappa shape index (κ2) is 6.74. The molecule has 0 aliphatic carbocycles. The molecule has 102 valence electrons. The van der Waals surface area contributed by atoms with Gasteiger partial charge in [-0.1, -0.05) is 34.9 Å². The van der Waals surface area contributed by atoms with Crippen molar-refractivity contribution in [3.8, 4) is 0 Å². The van der Waals surface area contributed by atoms with Crippen LogP contribution in [-0.2, 0) is 4.79 Å². The molecule has 0 radical (unpaired) electrons. The number of hydrogen-bond donors (Lipinski definition) is 2. The lowest BCUT2D eigenvalue weighted by atomic mass is 10.1. The zero-order chi connectivity index (χ0) is 13.8. The van der Waals surface area contributed by atoms with Gasteiger partial charge in [0.05, 0.1) is 0 Å². The van der Waals surface area contributed by atoms with Crippen LogP contribution in [0.3, 0.4) is 0 Å². The molecule has 18 heavy (non-hydrogen) atoms. The molecule has 0 bridgehead atoms. The molecular formula is C10H17N3O2S3. The Kier molecular flexibility index (Phi) is 5.90. The van der Waals surface area contributed by atoms with E-state index in [2.05, 4.69) is 15.5 Å². The normalized spacial score (nSPS) is 14.7. The Hall–Kier alpha value is -0.310. The van der Waals surface area contributed by atoms with Gasteiger partial charge in [0.25, 0.3) is 0 Å². The first-order valence-corrected chi connectivity index (χ1v) is 8.41. The number of nitrogens with one attached hydrogen (secondary N) is 1. The Morgan fingerprint density at radius 1 is 1.50 bits per heavy atom. The smallest absolute Gasteiger partial charge is 0.324 e. The van der Waals surface area contributed by atoms with Crippen molar-refractivity contribution in [3.05, 3.63) is 0 Å². The summed E-state index contributed by atoms with van der Waals surface area (Å²) < 4.78 is 1.70. The maximum atomic E-state index is 11.3. The van der Waals surface area contributed by atoms with Crippen LogP contribution in [0, 0.1) is 0 Å². The van der Waals surface area contributed by atoms with Crippen LogP contribution >= 0.6 is 34.9 Å². The number of thioether (sulfide) groups is 2. The highest BCUT2D eigenvalue weighted by Gasteiger charge is 2.34. The fraction of sp³-hybridized carbons (Fsp3) is 0.700. The van der Waals surface area contributed by atoms with Crippen molar-refractivity contribution in [2.24, 2.45) is 0 Å². The molecule has 0 saturated carbocycles. The van der Waals surface area contributed by atoms with Gasteiger partial charge in [0.1, 0.15) is 5.54 Å². The molecular weight excluding hydrogens is 290 g/mol. The fourth-order valence-corrected chi connectivity index (χ4v) is 3.88. The van der Waals surface area contributed by atoms with E-state index < -0.39 is 11.5 Å². The van der Waals surface area contributed by atoms with Crippen molar-refractivity contribution in [3.63, 3.8) is 0 Å². The van der Waals surface area contributed by atoms with Gasteiger partial charge >= 0.3 is 5.97 Å². The molecule has 1 heterocycles. The molecule has 1 aromatic heterocycles. The first kappa shape index (κ1) is 15.7. The van der Waals surface area contributed by atoms with Crippen LogP contribution in [-0.4, -0.2) is 44.9 Å². The number of carboxylic acid groups (broad SMARTS) is 1. The van der Waals surface area contributed by atoms with Crippen molar-refractivity contribution in [1.82, 2.24) is 15.5 Å². The second-order valence-corrected chi connectivity index (χ2v) is 7.52. The van der Waals surface area contributed by atoms with Crippen LogP contribution in [0.4, 0.5) is 0 Å². The average molecular weight is 307 g/mol. The Labute approximate surface area is 119 Å². The Morgan fingerprint density at radius 2 is 2.11 bits per heavy atom. The lowest BCUT2D eigenvalue weighted by molar-refractivity contribution is -0.143. The van der Waals surface area contributed by atoms with E-state index in [0.717, 1.165) is 8.68 Å². The van der Waals surface area contributed by atoms with E-state index in [1.165, 1.54) is 34.9 Å². The van der Waals surface area contributed by atoms with Crippen LogP contribution in [0.15, 0.2) is 8.68 Å². The second-order valence-electron chi connectivity index (χ2n) is 4.26. The van der Waals surface area contributed by atoms with Gasteiger partial charge in [-0.2, -0.15) is 0 Å². The first-order valence-electron chi connectivity index (χ1n) is 5.39. The molecule has 0 amide bonds. The van der Waals surface area contributed by atoms with E-state index in [1.54, 1.807) is 6.92 Å². The van der Waals surface area contributed by atoms with E-state index in [4.69, 9.17) is 0 Å². The van der Waals surface area contributed by atoms with Crippen molar-refractivity contribution in [2.45, 2.75) is 41.0 Å². The topological polar surface area (TPSA) is 75.1 Å². The number of aromatic nitrogens is 2. The third-order valence-corrected chi connectivity index (χ3v) is 5.47. The van der Waals surface area contributed by atoms with Crippen LogP contribution in [0.5, 0.6) is 0 Å². The summed E-state index contributed by atoms with van der Waals surface area (Å²) in [5.41, 5.74) is -0.954. The molecule has 8 heteroatoms. The highest BCUT2D eigenvalue weighted by Crippen LogP contribution is 2.29. The quantitative estimate of drug-likeness (QED) is 0.748. The third-order valence-electron chi connectivity index (χ3n) is 2.13. The molecule has 1 aromatic rings. The molecule has 0 saturated heterocycles. The molecule has 1 unspecified atom stereocenters. The predicted molar refractivity (Wildman–Crippen MR) is 76.7 cm³/mol. The molecule has 5 nitrogen and oxygen atoms in total. The SMILES string of the molecule is CSc1nnc(SCC(C)(NC(C)C)C(=O)O)s1. The summed E-state index contributed by atoms with van der Waals surface area (Å²) in [5.74, 6) is -0.429. The lowest BCUT2D eigenvalue weighted by Crippen LogP contribution is -2.54. The highest BCUT2D eigenvalue weighted by atomic mass is 32.2. The van der Waals surface area contributed by atoms with Gasteiger partial charge in [0.15, 0.2) is 8.68 Å². The fourth-order valence-electron chi connectivity index (χ4n) is 1.35. The molecule has 0 aliphatic rings. The Morgan fingerprint density at radius 3 is 2.56 bits per heavy atom. The van der Waals surface area contributed by atoms with Crippen LogP contribution in [0.1, 0.15) is 20.8 Å². The molecule has 0 fully saturated rings. The summed E-state index contributed by atoms with van der Waals surface area (Å²) in [4.78, 5) is 11.3. The molecule has 0 aromatic carbocycles. The number of aliphatic carboxylic acids is 1. The van der Waals surface area contributed by atoms with Gasteiger partial charge in [-0.3, -0.25) is 10.1 Å². The minimum Gasteiger partial charge on any atom is -0.480 e. The van der Waals surface area contributed by atoms with E-state index in [1.807, 2.05) is 20.1 Å². The number of hydrogen-bond acceptors (Lipinski definition) is 7. The van der Waals surface area contributed by atoms with Gasteiger partial charge in [0.2, 0.25) is 0 Å². The molecule has 0 spiro atoms. The van der Waals surface area contributed by atoms with E-state index >= 15 is 0 Å². The standard InChI is InChI=1S/C10H17N3O2S3/c1-6(2)11-10(3,7(14)15)5-17-9-13-12-8(16-4)18-9/h6,11H,5H2,1-4H3,(H,14,15). The number of nitrogens with zero attached hydrogens (tertiary/aromatic N) is 2. The molecule has 1 atom stereocenters. The maximum Gasteiger partial charge on any atom is 0.324 e. The van der Waals surface area contributed by atoms with Crippen LogP contribution in [0.2, 0.25) is 0 Å². The number of rotatable bonds is 7. The molecule has 2 N–H and O–H groups in total. The van der Waals surface area contributed by atoms with Gasteiger partial charge in [-0.15, -0.1) is 10.2 Å². The summed E-state index contributed by atoms with van der Waals surface area (Å²) in [7, 11) is 0. The van der Waals surface area contributed by atoms with Crippen LogP contribution in [0.25, 0.3) is 0 Å². The number of carbonyl (C=O) groups is 1. The molecule has 0 aliphatic heterocycles. The minimum atomic E-state index is -0.954. The van der Waals surface area contributed by atoms with Gasteiger partial charge in [-0.25, -0.2) is 0 Å². The van der Waals surface area contributed by atoms with Crippen molar-refractivity contribution in [1.29, 1.82) is 0 Å². The van der Waals surface area contributed by atoms with Crippen LogP contribution < -0.4 is 5.32 Å². The van der Waals surface area contributed by atoms with Gasteiger partial charge in [-0.05, 0) is 27.0 Å². The Bertz CT molecular complexity index is 411. The average Bonchev–Trinajstić information content (AvgIpc) is 2.73. The van der Waals surface area contributed by atoms with E-state index in [9.17, 15) is 9.90 Å². The van der Waals surface area contributed by atoms with E-state index in [-0.39, 0.29) is 6.04 Å². The zero-order valence-electron chi connectivity index (χ0n) is 10.8. The van der Waals surface area contributed by atoms with Crippen molar-refractivity contribution < 1.29 is 9.90 Å². The summed E-state index contributed by atoms with van der Waals surface area (Å²) in [5, 5.41) is 20.4. The molecule has 1 rings (SSSR count). The first-order chi connectivity index (χ1) is 8.37. The third kappa shape index (κ3) is 4.42. The van der Waals surface area contributed by atoms with E-state index in [0.29, 0.717) is 5.75 Å². The van der Waals surface area contributed by atoms with Gasteiger partial charge in [0, 0.05) is 11.8 Å². The Balaban J connectivity index is 2.64. The van der Waals surface area contributed by atoms with Crippen molar-refractivity contribution in [2.75, 3.05) is 12.0 Å². The number of carboxylic acids is 1. The zero-order valence-corrected chi connectivity index (χ0v) is 13.2.